The van der Waals surface area contributed by atoms with Crippen molar-refractivity contribution in [3.05, 3.63) is 107 Å². The number of nitrogen functional groups attached to an aromatic ring is 1. The minimum atomic E-state index is -0.521. The van der Waals surface area contributed by atoms with Crippen LogP contribution < -0.4 is 15.2 Å². The van der Waals surface area contributed by atoms with Crippen molar-refractivity contribution in [2.24, 2.45) is 0 Å². The largest absolute Gasteiger partial charge is 0.492 e. The topological polar surface area (TPSA) is 98.4 Å². The first-order chi connectivity index (χ1) is 18.9. The number of H-pyrrole nitrogens is 1. The Morgan fingerprint density at radius 1 is 1.08 bits per heavy atom. The van der Waals surface area contributed by atoms with Crippen LogP contribution in [0.3, 0.4) is 0 Å². The highest BCUT2D eigenvalue weighted by Gasteiger charge is 2.35. The zero-order valence-corrected chi connectivity index (χ0v) is 21.6. The average Bonchev–Trinajstić information content (AvgIpc) is 3.52. The van der Waals surface area contributed by atoms with Crippen molar-refractivity contribution in [1.82, 2.24) is 19.7 Å². The van der Waals surface area contributed by atoms with Crippen LogP contribution in [0.1, 0.15) is 22.9 Å². The Morgan fingerprint density at radius 2 is 1.85 bits per heavy atom. The number of aromatic nitrogens is 3. The van der Waals surface area contributed by atoms with Crippen LogP contribution in [0.2, 0.25) is 5.02 Å². The lowest BCUT2D eigenvalue weighted by molar-refractivity contribution is 0.135. The molecule has 2 aromatic heterocycles. The van der Waals surface area contributed by atoms with Gasteiger partial charge in [-0.3, -0.25) is 9.58 Å². The summed E-state index contributed by atoms with van der Waals surface area (Å²) in [5.41, 5.74) is 9.51. The Balaban J connectivity index is 1.28. The van der Waals surface area contributed by atoms with E-state index in [-0.39, 0.29) is 5.75 Å². The molecule has 0 saturated heterocycles. The monoisotopic (exact) mass is 545 g/mol. The van der Waals surface area contributed by atoms with E-state index in [1.54, 1.807) is 21.8 Å². The van der Waals surface area contributed by atoms with Gasteiger partial charge in [0.15, 0.2) is 0 Å². The number of benzene rings is 3. The number of hydrogen-bond acceptors (Lipinski definition) is 5. The molecule has 3 N–H and O–H groups in total. The third kappa shape index (κ3) is 5.13. The third-order valence-electron chi connectivity index (χ3n) is 6.79. The first-order valence-electron chi connectivity index (χ1n) is 12.5. The normalized spacial score (nSPS) is 14.8. The van der Waals surface area contributed by atoms with E-state index in [0.717, 1.165) is 27.7 Å². The summed E-state index contributed by atoms with van der Waals surface area (Å²) in [7, 11) is 0. The minimum Gasteiger partial charge on any atom is -0.492 e. The molecule has 0 radical (unpaired) electrons. The van der Waals surface area contributed by atoms with E-state index < -0.39 is 18.0 Å². The van der Waals surface area contributed by atoms with Gasteiger partial charge in [-0.1, -0.05) is 23.7 Å². The number of amides is 1. The predicted molar refractivity (Wildman–Crippen MR) is 147 cm³/mol. The Bertz CT molecular complexity index is 1630. The van der Waals surface area contributed by atoms with E-state index in [2.05, 4.69) is 10.1 Å². The van der Waals surface area contributed by atoms with Gasteiger partial charge in [-0.25, -0.2) is 9.18 Å². The smallest absolute Gasteiger partial charge is 0.416 e. The van der Waals surface area contributed by atoms with Crippen LogP contribution in [0.5, 0.6) is 11.5 Å². The van der Waals surface area contributed by atoms with E-state index in [9.17, 15) is 9.18 Å². The Morgan fingerprint density at radius 3 is 2.59 bits per heavy atom. The molecule has 8 nitrogen and oxygen atoms in total. The van der Waals surface area contributed by atoms with Gasteiger partial charge in [0.25, 0.3) is 0 Å². The summed E-state index contributed by atoms with van der Waals surface area (Å²) < 4.78 is 26.6. The summed E-state index contributed by atoms with van der Waals surface area (Å²) in [5.74, 6) is 1.03. The molecule has 6 rings (SSSR count). The van der Waals surface area contributed by atoms with E-state index in [0.29, 0.717) is 42.7 Å². The zero-order valence-electron chi connectivity index (χ0n) is 20.8. The van der Waals surface area contributed by atoms with Gasteiger partial charge in [-0.2, -0.15) is 5.10 Å². The van der Waals surface area contributed by atoms with Crippen LogP contribution in [-0.4, -0.2) is 38.9 Å². The van der Waals surface area contributed by atoms with E-state index in [1.807, 2.05) is 42.5 Å². The Labute approximate surface area is 228 Å². The molecule has 1 atom stereocenters. The van der Waals surface area contributed by atoms with Crippen molar-refractivity contribution in [2.75, 3.05) is 18.9 Å². The highest BCUT2D eigenvalue weighted by molar-refractivity contribution is 6.31. The van der Waals surface area contributed by atoms with Crippen LogP contribution in [0.15, 0.2) is 79.0 Å². The van der Waals surface area contributed by atoms with Gasteiger partial charge in [0.1, 0.15) is 35.8 Å². The van der Waals surface area contributed by atoms with Crippen molar-refractivity contribution in [1.29, 1.82) is 0 Å². The fourth-order valence-electron chi connectivity index (χ4n) is 4.97. The molecule has 3 aromatic carbocycles. The predicted octanol–water partition coefficient (Wildman–Crippen LogP) is 5.96. The van der Waals surface area contributed by atoms with Gasteiger partial charge in [-0.05, 0) is 78.2 Å². The number of nitrogens with zero attached hydrogens (tertiary/aromatic N) is 3. The number of halogens is 2. The van der Waals surface area contributed by atoms with Crippen LogP contribution in [0, 0.1) is 5.82 Å². The van der Waals surface area contributed by atoms with Crippen molar-refractivity contribution >= 4 is 34.4 Å². The van der Waals surface area contributed by atoms with Gasteiger partial charge in [0.05, 0.1) is 6.54 Å². The Kier molecular flexibility index (Phi) is 6.58. The SMILES string of the molecule is Nc1ccn(CCOc2ccc(C3c4[nH]c5ccc(Cl)cc5c4CCN3C(=O)Oc3ccc(F)cc3)cc2)n1. The summed E-state index contributed by atoms with van der Waals surface area (Å²) in [5, 5.41) is 5.84. The fourth-order valence-corrected chi connectivity index (χ4v) is 5.14. The lowest BCUT2D eigenvalue weighted by atomic mass is 9.92. The molecular weight excluding hydrogens is 521 g/mol. The molecular formula is C29H25ClFN5O3. The van der Waals surface area contributed by atoms with Crippen molar-refractivity contribution in [2.45, 2.75) is 19.0 Å². The molecule has 1 aliphatic heterocycles. The van der Waals surface area contributed by atoms with Gasteiger partial charge in [-0.15, -0.1) is 0 Å². The summed E-state index contributed by atoms with van der Waals surface area (Å²) in [6.07, 6.45) is 1.91. The van der Waals surface area contributed by atoms with Crippen molar-refractivity contribution < 1.29 is 18.7 Å². The number of aromatic amines is 1. The number of hydrogen-bond donors (Lipinski definition) is 2. The molecule has 3 heterocycles. The lowest BCUT2D eigenvalue weighted by Crippen LogP contribution is -2.42. The molecule has 1 aliphatic rings. The molecule has 1 amide bonds. The molecule has 10 heteroatoms. The van der Waals surface area contributed by atoms with Gasteiger partial charge >= 0.3 is 6.09 Å². The number of anilines is 1. The van der Waals surface area contributed by atoms with Crippen molar-refractivity contribution in [3.63, 3.8) is 0 Å². The van der Waals surface area contributed by atoms with Crippen LogP contribution in [0.4, 0.5) is 15.0 Å². The molecule has 0 saturated carbocycles. The highest BCUT2D eigenvalue weighted by Crippen LogP contribution is 2.40. The van der Waals surface area contributed by atoms with E-state index >= 15 is 0 Å². The molecule has 5 aromatic rings. The standard InChI is InChI=1S/C29H25ClFN5O3/c30-19-3-10-25-24(17-19)23-11-14-36(29(37)39-22-8-4-20(31)5-9-22)28(27(23)33-25)18-1-6-21(7-2-18)38-16-15-35-13-12-26(32)34-35/h1-10,12-13,17,28,33H,11,14-16H2,(H2,32,34). The van der Waals surface area contributed by atoms with Crippen LogP contribution >= 0.6 is 11.6 Å². The maximum atomic E-state index is 13.4. The number of fused-ring (bicyclic) bond motifs is 3. The average molecular weight is 546 g/mol. The van der Waals surface area contributed by atoms with Gasteiger partial charge in [0, 0.05) is 34.4 Å². The number of ether oxygens (including phenoxy) is 2. The lowest BCUT2D eigenvalue weighted by Gasteiger charge is -2.35. The summed E-state index contributed by atoms with van der Waals surface area (Å²) >= 11 is 6.30. The molecule has 0 fully saturated rings. The molecule has 0 bridgehead atoms. The zero-order chi connectivity index (χ0) is 26.9. The van der Waals surface area contributed by atoms with Crippen LogP contribution in [-0.2, 0) is 13.0 Å². The molecule has 39 heavy (non-hydrogen) atoms. The third-order valence-corrected chi connectivity index (χ3v) is 7.02. The van der Waals surface area contributed by atoms with Crippen molar-refractivity contribution in [3.8, 4) is 11.5 Å². The Hall–Kier alpha value is -4.50. The quantitative estimate of drug-likeness (QED) is 0.274. The second kappa shape index (κ2) is 10.3. The van der Waals surface area contributed by atoms with E-state index in [4.69, 9.17) is 26.8 Å². The molecule has 0 aliphatic carbocycles. The van der Waals surface area contributed by atoms with Crippen LogP contribution in [0.25, 0.3) is 10.9 Å². The first kappa shape index (κ1) is 24.8. The number of carbonyl (C=O) groups excluding carboxylic acids is 1. The molecule has 0 spiro atoms. The minimum absolute atomic E-state index is 0.275. The maximum absolute atomic E-state index is 13.4. The maximum Gasteiger partial charge on any atom is 0.416 e. The molecule has 1 unspecified atom stereocenters. The first-order valence-corrected chi connectivity index (χ1v) is 12.9. The number of carbonyl (C=O) groups is 1. The summed E-state index contributed by atoms with van der Waals surface area (Å²) in [6.45, 7) is 1.42. The highest BCUT2D eigenvalue weighted by atomic mass is 35.5. The fraction of sp³-hybridized carbons (Fsp3) is 0.172. The summed E-state index contributed by atoms with van der Waals surface area (Å²) in [6, 6.07) is 20.1. The number of nitrogens with two attached hydrogens (primary N) is 1. The number of rotatable bonds is 6. The number of nitrogens with one attached hydrogen (secondary N) is 1. The second-order valence-electron chi connectivity index (χ2n) is 9.30. The van der Waals surface area contributed by atoms with Gasteiger partial charge < -0.3 is 20.2 Å². The molecule has 198 valence electrons. The summed E-state index contributed by atoms with van der Waals surface area (Å²) in [4.78, 5) is 18.6. The van der Waals surface area contributed by atoms with Gasteiger partial charge in [0.2, 0.25) is 0 Å². The van der Waals surface area contributed by atoms with E-state index in [1.165, 1.54) is 24.3 Å². The second-order valence-corrected chi connectivity index (χ2v) is 9.73.